The number of fused-ring (bicyclic) bond motifs is 2. The van der Waals surface area contributed by atoms with Crippen molar-refractivity contribution in [2.24, 2.45) is 17.3 Å². The Balaban J connectivity index is 0.000000186. The summed E-state index contributed by atoms with van der Waals surface area (Å²) in [6, 6.07) is 24.0. The first-order valence-electron chi connectivity index (χ1n) is 19.3. The van der Waals surface area contributed by atoms with Crippen molar-refractivity contribution in [1.29, 1.82) is 0 Å². The Morgan fingerprint density at radius 1 is 0.661 bits per heavy atom. The molecule has 8 rings (SSSR count). The summed E-state index contributed by atoms with van der Waals surface area (Å²) < 4.78 is 26.6. The third-order valence-electron chi connectivity index (χ3n) is 10.1. The predicted octanol–water partition coefficient (Wildman–Crippen LogP) is 11.2. The summed E-state index contributed by atoms with van der Waals surface area (Å²) in [4.78, 5) is 34.8. The molecule has 0 saturated heterocycles. The van der Waals surface area contributed by atoms with Crippen LogP contribution in [0.2, 0.25) is 10.3 Å². The highest BCUT2D eigenvalue weighted by Gasteiger charge is 2.23. The van der Waals surface area contributed by atoms with Crippen LogP contribution in [0.1, 0.15) is 59.4 Å². The summed E-state index contributed by atoms with van der Waals surface area (Å²) in [5.74, 6) is 2.06. The van der Waals surface area contributed by atoms with Gasteiger partial charge < -0.3 is 18.3 Å². The Morgan fingerprint density at radius 3 is 1.53 bits per heavy atom. The zero-order valence-electron chi connectivity index (χ0n) is 34.8. The van der Waals surface area contributed by atoms with Crippen LogP contribution in [-0.2, 0) is 7.05 Å². The normalized spacial score (nSPS) is 12.2. The molecular formula is C46H42Cl2N6O6S2. The van der Waals surface area contributed by atoms with Gasteiger partial charge in [-0.3, -0.25) is 24.5 Å². The lowest BCUT2D eigenvalue weighted by atomic mass is 10.00. The van der Waals surface area contributed by atoms with E-state index in [1.807, 2.05) is 95.5 Å². The molecule has 0 aliphatic heterocycles. The van der Waals surface area contributed by atoms with E-state index in [0.717, 1.165) is 57.3 Å². The summed E-state index contributed by atoms with van der Waals surface area (Å²) in [6.45, 7) is 11.2. The minimum Gasteiger partial charge on any atom is -0.483 e. The highest BCUT2D eigenvalue weighted by molar-refractivity contribution is 7.97. The number of hydrogen-bond donors (Lipinski definition) is 2. The molecule has 12 nitrogen and oxygen atoms in total. The lowest BCUT2D eigenvalue weighted by Crippen LogP contribution is -2.11. The second-order valence-corrected chi connectivity index (χ2v) is 16.7. The third kappa shape index (κ3) is 9.26. The molecule has 5 aromatic heterocycles. The molecule has 4 N–H and O–H groups in total. The van der Waals surface area contributed by atoms with Crippen molar-refractivity contribution < 1.29 is 18.3 Å². The summed E-state index contributed by atoms with van der Waals surface area (Å²) in [5, 5.41) is 18.3. The minimum absolute atomic E-state index is 0.0522. The predicted molar refractivity (Wildman–Crippen MR) is 248 cm³/mol. The molecule has 0 fully saturated rings. The van der Waals surface area contributed by atoms with Gasteiger partial charge in [0.2, 0.25) is 0 Å². The summed E-state index contributed by atoms with van der Waals surface area (Å²) in [7, 11) is 1.82. The smallest absolute Gasteiger partial charge is 0.196 e. The van der Waals surface area contributed by atoms with Gasteiger partial charge in [-0.05, 0) is 125 Å². The molecule has 0 amide bonds. The molecule has 8 aromatic rings. The standard InChI is InChI=1S/C24H21ClN2O3S.C22H21ClN4O3S/c1-13-11-17(15(3)29-19-9-10-20(25)27-24(19)31-26)23-18(12-13)21(28)14(2)22(30-23)16-7-5-4-6-8-16;1-11-7-15(13(3)29-17-5-6-18(23)26-22(17)31-24)21-16(8-11)19(28)12(2)20(30-21)14-9-25-27(4)10-14/h4-12,15H,26H2,1-3H3;5-10,13H,24H2,1-4H3. The van der Waals surface area contributed by atoms with Gasteiger partial charge in [0.1, 0.15) is 45.2 Å². The molecule has 2 atom stereocenters. The highest BCUT2D eigenvalue weighted by Crippen LogP contribution is 2.37. The topological polar surface area (TPSA) is 175 Å². The van der Waals surface area contributed by atoms with Crippen LogP contribution in [0.5, 0.6) is 11.5 Å². The van der Waals surface area contributed by atoms with E-state index in [1.165, 1.54) is 0 Å². The Labute approximate surface area is 375 Å². The van der Waals surface area contributed by atoms with Gasteiger partial charge in [0.15, 0.2) is 32.4 Å². The van der Waals surface area contributed by atoms with E-state index in [-0.39, 0.29) is 10.9 Å². The molecule has 62 heavy (non-hydrogen) atoms. The molecule has 0 aliphatic carbocycles. The molecule has 0 saturated carbocycles. The fourth-order valence-electron chi connectivity index (χ4n) is 7.08. The quantitative estimate of drug-likeness (QED) is 0.0980. The van der Waals surface area contributed by atoms with Gasteiger partial charge in [0.05, 0.1) is 22.5 Å². The fourth-order valence-corrected chi connectivity index (χ4v) is 8.25. The summed E-state index contributed by atoms with van der Waals surface area (Å²) in [5.41, 5.74) is 6.96. The Morgan fingerprint density at radius 2 is 1.11 bits per heavy atom. The summed E-state index contributed by atoms with van der Waals surface area (Å²) in [6.07, 6.45) is 2.62. The van der Waals surface area contributed by atoms with Crippen molar-refractivity contribution in [1.82, 2.24) is 19.7 Å². The van der Waals surface area contributed by atoms with E-state index in [2.05, 4.69) is 15.1 Å². The van der Waals surface area contributed by atoms with Crippen LogP contribution in [0.25, 0.3) is 44.6 Å². The Kier molecular flexibility index (Phi) is 13.5. The lowest BCUT2D eigenvalue weighted by molar-refractivity contribution is 0.219. The van der Waals surface area contributed by atoms with Crippen LogP contribution in [0.4, 0.5) is 0 Å². The zero-order valence-corrected chi connectivity index (χ0v) is 37.9. The SMILES string of the molecule is Cc1cc(C(C)Oc2ccc(Cl)nc2SN)c2oc(-c3ccccc3)c(C)c(=O)c2c1.Cc1cc(C(C)Oc2ccc(Cl)nc2SN)c2oc(-c3cnn(C)c3)c(C)c(=O)c2c1. The van der Waals surface area contributed by atoms with Crippen LogP contribution in [0, 0.1) is 27.7 Å². The van der Waals surface area contributed by atoms with E-state index in [9.17, 15) is 9.59 Å². The second-order valence-electron chi connectivity index (χ2n) is 14.6. The first kappa shape index (κ1) is 44.4. The molecule has 2 unspecified atom stereocenters. The second kappa shape index (κ2) is 18.8. The maximum atomic E-state index is 13.2. The van der Waals surface area contributed by atoms with Gasteiger partial charge >= 0.3 is 0 Å². The van der Waals surface area contributed by atoms with Crippen LogP contribution in [0.15, 0.2) is 120 Å². The van der Waals surface area contributed by atoms with Crippen LogP contribution < -0.4 is 30.6 Å². The van der Waals surface area contributed by atoms with Crippen LogP contribution in [-0.4, -0.2) is 19.7 Å². The van der Waals surface area contributed by atoms with Crippen molar-refractivity contribution in [3.8, 4) is 34.1 Å². The van der Waals surface area contributed by atoms with Crippen LogP contribution >= 0.6 is 47.1 Å². The lowest BCUT2D eigenvalue weighted by Gasteiger charge is -2.19. The first-order valence-corrected chi connectivity index (χ1v) is 21.8. The average molecular weight is 910 g/mol. The van der Waals surface area contributed by atoms with E-state index in [1.54, 1.807) is 49.0 Å². The molecule has 3 aromatic carbocycles. The number of hydrogen-bond acceptors (Lipinski definition) is 13. The number of aryl methyl sites for hydroxylation is 3. The van der Waals surface area contributed by atoms with Crippen molar-refractivity contribution in [3.63, 3.8) is 0 Å². The maximum Gasteiger partial charge on any atom is 0.196 e. The number of rotatable bonds is 10. The monoisotopic (exact) mass is 908 g/mol. The van der Waals surface area contributed by atoms with E-state index < -0.39 is 12.2 Å². The number of ether oxygens (including phenoxy) is 2. The molecular weight excluding hydrogens is 868 g/mol. The van der Waals surface area contributed by atoms with Crippen molar-refractivity contribution in [2.45, 2.75) is 63.8 Å². The maximum absolute atomic E-state index is 13.2. The molecule has 5 heterocycles. The van der Waals surface area contributed by atoms with E-state index >= 15 is 0 Å². The van der Waals surface area contributed by atoms with Crippen molar-refractivity contribution >= 4 is 69.0 Å². The largest absolute Gasteiger partial charge is 0.483 e. The highest BCUT2D eigenvalue weighted by atomic mass is 35.5. The average Bonchev–Trinajstić information content (AvgIpc) is 3.70. The number of halogens is 2. The number of nitrogens with two attached hydrogens (primary N) is 2. The van der Waals surface area contributed by atoms with Crippen molar-refractivity contribution in [3.05, 3.63) is 155 Å². The molecule has 0 aliphatic rings. The number of nitrogens with zero attached hydrogens (tertiary/aromatic N) is 4. The molecule has 16 heteroatoms. The number of benzene rings is 3. The number of aromatic nitrogens is 4. The van der Waals surface area contributed by atoms with Gasteiger partial charge in [-0.1, -0.05) is 53.5 Å². The van der Waals surface area contributed by atoms with Gasteiger partial charge in [-0.2, -0.15) is 5.10 Å². The van der Waals surface area contributed by atoms with E-state index in [0.29, 0.717) is 76.4 Å². The van der Waals surface area contributed by atoms with Gasteiger partial charge in [0.25, 0.3) is 0 Å². The third-order valence-corrected chi connectivity index (χ3v) is 11.5. The zero-order chi connectivity index (χ0) is 44.4. The molecule has 0 radical (unpaired) electrons. The number of pyridine rings is 2. The van der Waals surface area contributed by atoms with Crippen molar-refractivity contribution in [2.75, 3.05) is 0 Å². The summed E-state index contributed by atoms with van der Waals surface area (Å²) >= 11 is 13.9. The molecule has 318 valence electrons. The van der Waals surface area contributed by atoms with E-state index in [4.69, 9.17) is 51.8 Å². The minimum atomic E-state index is -0.441. The molecule has 0 spiro atoms. The first-order chi connectivity index (χ1) is 29.7. The van der Waals surface area contributed by atoms with Gasteiger partial charge in [-0.15, -0.1) is 0 Å². The Hall–Kier alpha value is -5.61. The van der Waals surface area contributed by atoms with Gasteiger partial charge in [0, 0.05) is 41.1 Å². The van der Waals surface area contributed by atoms with Gasteiger partial charge in [-0.25, -0.2) is 9.97 Å². The molecule has 0 bridgehead atoms. The fraction of sp³-hybridized carbons (Fsp3) is 0.196. The Bertz CT molecular complexity index is 3080. The van der Waals surface area contributed by atoms with Crippen LogP contribution in [0.3, 0.4) is 0 Å².